The van der Waals surface area contributed by atoms with Gasteiger partial charge < -0.3 is 15.5 Å². The molecular formula is C27H26N6O3. The number of carbonyl (C=O) groups excluding carboxylic acids is 1. The number of carbonyl (C=O) groups is 1. The molecule has 0 amide bonds. The summed E-state index contributed by atoms with van der Waals surface area (Å²) in [5.41, 5.74) is 4.45. The summed E-state index contributed by atoms with van der Waals surface area (Å²) >= 11 is 0. The van der Waals surface area contributed by atoms with Gasteiger partial charge >= 0.3 is 0 Å². The van der Waals surface area contributed by atoms with E-state index in [2.05, 4.69) is 21.5 Å². The fourth-order valence-corrected chi connectivity index (χ4v) is 3.81. The summed E-state index contributed by atoms with van der Waals surface area (Å²) in [6.45, 7) is 5.35. The maximum absolute atomic E-state index is 11.9. The standard InChI is InChI=1S/C27H26N6O3/c1-16-9-21(12-22(36)10-16)26-23(15-33(32-26)8-7-28)24-13-25(29-14-17(2)34)31-27(30-24)20-6-4-5-19(11-20)18(3)35/h4-6,9-13,15,17,34,36H,8,14H2,1-3H3,(H,29,30,31)/t17-/m0/s1. The number of ketones is 1. The summed E-state index contributed by atoms with van der Waals surface area (Å²) in [4.78, 5) is 21.3. The number of hydrogen-bond acceptors (Lipinski definition) is 8. The Hall–Kier alpha value is -4.55. The SMILES string of the molecule is CC(=O)c1cccc(-c2nc(NC[C@H](C)O)cc(-c3cn(CC#N)nc3-c3cc(C)cc(O)c3)n2)c1. The number of phenolic OH excluding ortho intramolecular Hbond substituents is 1. The zero-order chi connectivity index (χ0) is 25.8. The van der Waals surface area contributed by atoms with Crippen LogP contribution < -0.4 is 5.32 Å². The molecule has 0 saturated heterocycles. The molecule has 2 heterocycles. The van der Waals surface area contributed by atoms with Crippen LogP contribution in [-0.2, 0) is 6.54 Å². The number of rotatable bonds is 8. The van der Waals surface area contributed by atoms with Crippen LogP contribution in [0, 0.1) is 18.3 Å². The molecule has 3 N–H and O–H groups in total. The van der Waals surface area contributed by atoms with Gasteiger partial charge in [-0.1, -0.05) is 18.2 Å². The number of benzene rings is 2. The minimum atomic E-state index is -0.600. The first-order chi connectivity index (χ1) is 17.2. The predicted molar refractivity (Wildman–Crippen MR) is 136 cm³/mol. The lowest BCUT2D eigenvalue weighted by atomic mass is 10.0. The van der Waals surface area contributed by atoms with E-state index in [9.17, 15) is 20.3 Å². The van der Waals surface area contributed by atoms with E-state index in [-0.39, 0.29) is 24.6 Å². The number of phenols is 1. The third-order valence-corrected chi connectivity index (χ3v) is 5.44. The molecule has 0 saturated carbocycles. The number of nitrogens with zero attached hydrogens (tertiary/aromatic N) is 5. The molecule has 4 rings (SSSR count). The predicted octanol–water partition coefficient (Wildman–Crippen LogP) is 4.21. The van der Waals surface area contributed by atoms with Crippen LogP contribution in [0.4, 0.5) is 5.82 Å². The van der Waals surface area contributed by atoms with Crippen LogP contribution >= 0.6 is 0 Å². The lowest BCUT2D eigenvalue weighted by Crippen LogP contribution is -2.16. The second-order valence-electron chi connectivity index (χ2n) is 8.63. The number of anilines is 1. The maximum atomic E-state index is 11.9. The van der Waals surface area contributed by atoms with Crippen molar-refractivity contribution >= 4 is 11.6 Å². The van der Waals surface area contributed by atoms with E-state index in [1.807, 2.05) is 19.1 Å². The topological polar surface area (TPSA) is 137 Å². The number of Topliss-reactive ketones (excluding diaryl/α,β-unsaturated/α-hetero) is 1. The van der Waals surface area contributed by atoms with Crippen molar-refractivity contribution in [2.45, 2.75) is 33.4 Å². The van der Waals surface area contributed by atoms with E-state index >= 15 is 0 Å². The van der Waals surface area contributed by atoms with E-state index in [0.29, 0.717) is 45.3 Å². The van der Waals surface area contributed by atoms with E-state index in [0.717, 1.165) is 5.56 Å². The van der Waals surface area contributed by atoms with E-state index in [1.54, 1.807) is 49.5 Å². The third-order valence-electron chi connectivity index (χ3n) is 5.44. The van der Waals surface area contributed by atoms with Crippen molar-refractivity contribution in [3.8, 4) is 45.7 Å². The van der Waals surface area contributed by atoms with E-state index < -0.39 is 6.10 Å². The van der Waals surface area contributed by atoms with Gasteiger partial charge in [0, 0.05) is 41.1 Å². The number of aryl methyl sites for hydroxylation is 1. The van der Waals surface area contributed by atoms with Crippen LogP contribution in [0.2, 0.25) is 0 Å². The monoisotopic (exact) mass is 482 g/mol. The van der Waals surface area contributed by atoms with Gasteiger partial charge in [-0.05, 0) is 50.6 Å². The van der Waals surface area contributed by atoms with Gasteiger partial charge in [-0.2, -0.15) is 10.4 Å². The highest BCUT2D eigenvalue weighted by atomic mass is 16.3. The Morgan fingerprint density at radius 1 is 1.17 bits per heavy atom. The summed E-state index contributed by atoms with van der Waals surface area (Å²) < 4.78 is 1.52. The van der Waals surface area contributed by atoms with Gasteiger partial charge in [0.25, 0.3) is 0 Å². The van der Waals surface area contributed by atoms with E-state index in [1.165, 1.54) is 11.6 Å². The maximum Gasteiger partial charge on any atom is 0.162 e. The molecule has 0 fully saturated rings. The molecule has 9 nitrogen and oxygen atoms in total. The van der Waals surface area contributed by atoms with Crippen molar-refractivity contribution in [3.63, 3.8) is 0 Å². The van der Waals surface area contributed by atoms with Gasteiger partial charge in [0.2, 0.25) is 0 Å². The Balaban J connectivity index is 1.92. The molecule has 0 bridgehead atoms. The molecule has 36 heavy (non-hydrogen) atoms. The van der Waals surface area contributed by atoms with Crippen LogP contribution in [0.15, 0.2) is 54.7 Å². The molecule has 0 spiro atoms. The number of aromatic nitrogens is 4. The molecule has 9 heteroatoms. The molecule has 4 aromatic rings. The average molecular weight is 483 g/mol. The quantitative estimate of drug-likeness (QED) is 0.318. The van der Waals surface area contributed by atoms with E-state index in [4.69, 9.17) is 4.98 Å². The van der Waals surface area contributed by atoms with Gasteiger partial charge in [0.05, 0.1) is 17.9 Å². The summed E-state index contributed by atoms with van der Waals surface area (Å²) in [7, 11) is 0. The fourth-order valence-electron chi connectivity index (χ4n) is 3.81. The second-order valence-corrected chi connectivity index (χ2v) is 8.63. The molecule has 1 atom stereocenters. The summed E-state index contributed by atoms with van der Waals surface area (Å²) in [6.07, 6.45) is 1.13. The van der Waals surface area contributed by atoms with Gasteiger partial charge in [0.15, 0.2) is 11.6 Å². The van der Waals surface area contributed by atoms with Crippen LogP contribution in [0.5, 0.6) is 5.75 Å². The molecule has 182 valence electrons. The number of aromatic hydroxyl groups is 1. The Bertz CT molecular complexity index is 1450. The van der Waals surface area contributed by atoms with Gasteiger partial charge in [-0.15, -0.1) is 0 Å². The zero-order valence-corrected chi connectivity index (χ0v) is 20.2. The average Bonchev–Trinajstić information content (AvgIpc) is 3.26. The van der Waals surface area contributed by atoms with Gasteiger partial charge in [-0.3, -0.25) is 9.48 Å². The van der Waals surface area contributed by atoms with Crippen LogP contribution in [-0.4, -0.2) is 48.4 Å². The Morgan fingerprint density at radius 3 is 2.67 bits per heavy atom. The van der Waals surface area contributed by atoms with Crippen molar-refractivity contribution in [1.82, 2.24) is 19.7 Å². The Labute approximate surface area is 208 Å². The summed E-state index contributed by atoms with van der Waals surface area (Å²) in [6, 6.07) is 16.1. The van der Waals surface area contributed by atoms with Gasteiger partial charge in [0.1, 0.15) is 23.8 Å². The lowest BCUT2D eigenvalue weighted by Gasteiger charge is -2.12. The smallest absolute Gasteiger partial charge is 0.162 e. The minimum Gasteiger partial charge on any atom is -0.508 e. The highest BCUT2D eigenvalue weighted by Gasteiger charge is 2.18. The first-order valence-electron chi connectivity index (χ1n) is 11.4. The number of hydrogen-bond donors (Lipinski definition) is 3. The molecule has 0 radical (unpaired) electrons. The number of nitriles is 1. The summed E-state index contributed by atoms with van der Waals surface area (Å²) in [5, 5.41) is 36.9. The van der Waals surface area contributed by atoms with Crippen LogP contribution in [0.3, 0.4) is 0 Å². The Morgan fingerprint density at radius 2 is 1.97 bits per heavy atom. The number of nitrogens with one attached hydrogen (secondary N) is 1. The molecule has 2 aromatic carbocycles. The molecule has 2 aromatic heterocycles. The molecule has 0 aliphatic carbocycles. The van der Waals surface area contributed by atoms with Crippen LogP contribution in [0.1, 0.15) is 29.8 Å². The first kappa shape index (κ1) is 24.6. The van der Waals surface area contributed by atoms with Crippen molar-refractivity contribution in [2.24, 2.45) is 0 Å². The Kier molecular flexibility index (Phi) is 7.08. The lowest BCUT2D eigenvalue weighted by molar-refractivity contribution is 0.101. The largest absolute Gasteiger partial charge is 0.508 e. The highest BCUT2D eigenvalue weighted by Crippen LogP contribution is 2.34. The first-order valence-corrected chi connectivity index (χ1v) is 11.4. The van der Waals surface area contributed by atoms with Gasteiger partial charge in [-0.25, -0.2) is 9.97 Å². The number of aliphatic hydroxyl groups is 1. The third kappa shape index (κ3) is 5.56. The molecule has 0 aliphatic rings. The van der Waals surface area contributed by atoms with Crippen molar-refractivity contribution in [2.75, 3.05) is 11.9 Å². The van der Waals surface area contributed by atoms with Crippen molar-refractivity contribution < 1.29 is 15.0 Å². The zero-order valence-electron chi connectivity index (χ0n) is 20.2. The summed E-state index contributed by atoms with van der Waals surface area (Å²) in [5.74, 6) is 0.902. The van der Waals surface area contributed by atoms with Crippen molar-refractivity contribution in [1.29, 1.82) is 5.26 Å². The molecule has 0 unspecified atom stereocenters. The van der Waals surface area contributed by atoms with Crippen LogP contribution in [0.25, 0.3) is 33.9 Å². The fraction of sp³-hybridized carbons (Fsp3) is 0.222. The highest BCUT2D eigenvalue weighted by molar-refractivity contribution is 5.95. The molecule has 0 aliphatic heterocycles. The number of aliphatic hydroxyl groups excluding tert-OH is 1. The van der Waals surface area contributed by atoms with Crippen molar-refractivity contribution in [3.05, 3.63) is 65.9 Å². The normalized spacial score (nSPS) is 11.6. The second kappa shape index (κ2) is 10.4. The molecular weight excluding hydrogens is 456 g/mol. The minimum absolute atomic E-state index is 0.0382.